The molecule has 0 aromatic heterocycles. The average molecular weight is 258 g/mol. The number of carboxylic acid groups (broad SMARTS) is 1. The Morgan fingerprint density at radius 1 is 1.35 bits per heavy atom. The molecule has 0 spiro atoms. The molecule has 0 atom stereocenters. The highest BCUT2D eigenvalue weighted by Gasteiger charge is 2.23. The molecule has 1 N–H and O–H groups in total. The molecule has 0 unspecified atom stereocenters. The number of carboxylic acids is 1. The first-order valence-electron chi connectivity index (χ1n) is 4.72. The lowest BCUT2D eigenvalue weighted by Crippen LogP contribution is -2.07. The van der Waals surface area contributed by atoms with Gasteiger partial charge >= 0.3 is 5.97 Å². The summed E-state index contributed by atoms with van der Waals surface area (Å²) in [4.78, 5) is 10.6. The number of sulfone groups is 1. The normalized spacial score (nSPS) is 13.7. The molecule has 0 bridgehead atoms. The Morgan fingerprint density at radius 2 is 1.94 bits per heavy atom. The van der Waals surface area contributed by atoms with Gasteiger partial charge in [0, 0.05) is 12.3 Å². The summed E-state index contributed by atoms with van der Waals surface area (Å²) < 4.78 is 33.2. The Kier molecular flexibility index (Phi) is 2.70. The van der Waals surface area contributed by atoms with Gasteiger partial charge in [0.05, 0.1) is 11.3 Å². The monoisotopic (exact) mass is 258 g/mol. The lowest BCUT2D eigenvalue weighted by molar-refractivity contribution is -0.136. The second kappa shape index (κ2) is 3.92. The molecule has 0 fully saturated rings. The molecule has 0 saturated heterocycles. The van der Waals surface area contributed by atoms with Gasteiger partial charge in [0.2, 0.25) is 6.79 Å². The SMILES string of the molecule is CS(=O)(=O)c1cc2c(cc1CC(=O)O)OCO2. The van der Waals surface area contributed by atoms with Crippen LogP contribution in [0.1, 0.15) is 5.56 Å². The van der Waals surface area contributed by atoms with E-state index in [2.05, 4.69) is 0 Å². The van der Waals surface area contributed by atoms with Crippen LogP contribution in [-0.4, -0.2) is 32.5 Å². The molecule has 0 saturated carbocycles. The fourth-order valence-corrected chi connectivity index (χ4v) is 2.54. The van der Waals surface area contributed by atoms with Crippen LogP contribution in [-0.2, 0) is 21.1 Å². The number of fused-ring (bicyclic) bond motifs is 1. The number of ether oxygens (including phenoxy) is 2. The lowest BCUT2D eigenvalue weighted by Gasteiger charge is -2.07. The fourth-order valence-electron chi connectivity index (χ4n) is 1.61. The van der Waals surface area contributed by atoms with Gasteiger partial charge in [0.15, 0.2) is 21.3 Å². The molecule has 6 nitrogen and oxygen atoms in total. The third-order valence-corrected chi connectivity index (χ3v) is 3.48. The zero-order valence-corrected chi connectivity index (χ0v) is 9.78. The third kappa shape index (κ3) is 2.33. The van der Waals surface area contributed by atoms with Crippen LogP contribution in [0, 0.1) is 0 Å². The minimum Gasteiger partial charge on any atom is -0.481 e. The summed E-state index contributed by atoms with van der Waals surface area (Å²) in [5.74, 6) is -0.415. The largest absolute Gasteiger partial charge is 0.481 e. The minimum absolute atomic E-state index is 0.00899. The Morgan fingerprint density at radius 3 is 2.47 bits per heavy atom. The van der Waals surface area contributed by atoms with E-state index in [0.717, 1.165) is 6.26 Å². The first-order valence-corrected chi connectivity index (χ1v) is 6.61. The van der Waals surface area contributed by atoms with Gasteiger partial charge < -0.3 is 14.6 Å². The molecule has 0 radical (unpaired) electrons. The predicted molar refractivity (Wildman–Crippen MR) is 57.0 cm³/mol. The van der Waals surface area contributed by atoms with E-state index in [4.69, 9.17) is 14.6 Å². The Balaban J connectivity index is 2.59. The molecule has 1 aromatic rings. The smallest absolute Gasteiger partial charge is 0.307 e. The maximum absolute atomic E-state index is 11.5. The van der Waals surface area contributed by atoms with E-state index in [1.165, 1.54) is 12.1 Å². The maximum Gasteiger partial charge on any atom is 0.307 e. The second-order valence-corrected chi connectivity index (χ2v) is 5.64. The van der Waals surface area contributed by atoms with Crippen LogP contribution in [0.4, 0.5) is 0 Å². The van der Waals surface area contributed by atoms with Gasteiger partial charge in [-0.05, 0) is 11.6 Å². The minimum atomic E-state index is -3.50. The van der Waals surface area contributed by atoms with Crippen molar-refractivity contribution in [1.82, 2.24) is 0 Å². The summed E-state index contributed by atoms with van der Waals surface area (Å²) in [6.45, 7) is 0.00899. The van der Waals surface area contributed by atoms with Crippen LogP contribution >= 0.6 is 0 Å². The Hall–Kier alpha value is -1.76. The first-order chi connectivity index (χ1) is 7.88. The van der Waals surface area contributed by atoms with Crippen molar-refractivity contribution in [2.45, 2.75) is 11.3 Å². The summed E-state index contributed by atoms with van der Waals surface area (Å²) in [5.41, 5.74) is 0.198. The van der Waals surface area contributed by atoms with Crippen molar-refractivity contribution < 1.29 is 27.8 Å². The van der Waals surface area contributed by atoms with E-state index in [0.29, 0.717) is 11.5 Å². The van der Waals surface area contributed by atoms with Crippen molar-refractivity contribution in [2.24, 2.45) is 0 Å². The molecule has 92 valence electrons. The summed E-state index contributed by atoms with van der Waals surface area (Å²) in [6, 6.07) is 2.70. The molecule has 7 heteroatoms. The summed E-state index contributed by atoms with van der Waals surface area (Å²) >= 11 is 0. The molecule has 1 aromatic carbocycles. The van der Waals surface area contributed by atoms with Crippen molar-refractivity contribution >= 4 is 15.8 Å². The van der Waals surface area contributed by atoms with E-state index in [9.17, 15) is 13.2 Å². The Labute approximate surface area is 97.7 Å². The highest BCUT2D eigenvalue weighted by molar-refractivity contribution is 7.90. The van der Waals surface area contributed by atoms with Crippen molar-refractivity contribution in [3.8, 4) is 11.5 Å². The summed E-state index contributed by atoms with van der Waals surface area (Å²) in [7, 11) is -3.50. The molecule has 17 heavy (non-hydrogen) atoms. The van der Waals surface area contributed by atoms with Crippen molar-refractivity contribution in [2.75, 3.05) is 13.0 Å². The number of benzene rings is 1. The Bertz CT molecular complexity index is 575. The van der Waals surface area contributed by atoms with Gasteiger partial charge in [0.1, 0.15) is 0 Å². The number of hydrogen-bond donors (Lipinski definition) is 1. The van der Waals surface area contributed by atoms with Crippen LogP contribution in [0.15, 0.2) is 17.0 Å². The fraction of sp³-hybridized carbons (Fsp3) is 0.300. The van der Waals surface area contributed by atoms with Crippen molar-refractivity contribution in [3.05, 3.63) is 17.7 Å². The van der Waals surface area contributed by atoms with Crippen LogP contribution in [0.3, 0.4) is 0 Å². The van der Waals surface area contributed by atoms with Gasteiger partial charge in [-0.15, -0.1) is 0 Å². The van der Waals surface area contributed by atoms with Crippen LogP contribution in [0.2, 0.25) is 0 Å². The van der Waals surface area contributed by atoms with E-state index in [1.807, 2.05) is 0 Å². The number of aliphatic carboxylic acids is 1. The third-order valence-electron chi connectivity index (χ3n) is 2.30. The topological polar surface area (TPSA) is 89.9 Å². The van der Waals surface area contributed by atoms with Crippen molar-refractivity contribution in [3.63, 3.8) is 0 Å². The van der Waals surface area contributed by atoms with Crippen LogP contribution < -0.4 is 9.47 Å². The molecular formula is C10H10O6S. The second-order valence-electron chi connectivity index (χ2n) is 3.66. The molecular weight excluding hydrogens is 248 g/mol. The zero-order valence-electron chi connectivity index (χ0n) is 8.97. The van der Waals surface area contributed by atoms with E-state index < -0.39 is 15.8 Å². The zero-order chi connectivity index (χ0) is 12.6. The first kappa shape index (κ1) is 11.7. The maximum atomic E-state index is 11.5. The molecule has 1 aliphatic rings. The number of rotatable bonds is 3. The van der Waals surface area contributed by atoms with Gasteiger partial charge in [-0.2, -0.15) is 0 Å². The summed E-state index contributed by atoms with van der Waals surface area (Å²) in [6.07, 6.45) is 0.648. The highest BCUT2D eigenvalue weighted by Crippen LogP contribution is 2.36. The molecule has 0 aliphatic carbocycles. The number of carbonyl (C=O) groups is 1. The predicted octanol–water partition coefficient (Wildman–Crippen LogP) is 0.446. The standard InChI is InChI=1S/C10H10O6S/c1-17(13,14)9-4-8-7(15-5-16-8)2-6(9)3-10(11)12/h2,4H,3,5H2,1H3,(H,11,12). The lowest BCUT2D eigenvalue weighted by atomic mass is 10.1. The highest BCUT2D eigenvalue weighted by atomic mass is 32.2. The molecule has 2 rings (SSSR count). The molecule has 1 aliphatic heterocycles. The van der Waals surface area contributed by atoms with Crippen LogP contribution in [0.25, 0.3) is 0 Å². The van der Waals surface area contributed by atoms with Crippen LogP contribution in [0.5, 0.6) is 11.5 Å². The van der Waals surface area contributed by atoms with E-state index >= 15 is 0 Å². The molecule has 0 amide bonds. The van der Waals surface area contributed by atoms with Gasteiger partial charge in [-0.1, -0.05) is 0 Å². The molecule has 1 heterocycles. The van der Waals surface area contributed by atoms with Gasteiger partial charge in [-0.3, -0.25) is 4.79 Å². The summed E-state index contributed by atoms with van der Waals surface area (Å²) in [5, 5.41) is 8.74. The number of hydrogen-bond acceptors (Lipinski definition) is 5. The van der Waals surface area contributed by atoms with Gasteiger partial charge in [0.25, 0.3) is 0 Å². The van der Waals surface area contributed by atoms with Crippen molar-refractivity contribution in [1.29, 1.82) is 0 Å². The van der Waals surface area contributed by atoms with E-state index in [1.54, 1.807) is 0 Å². The van der Waals surface area contributed by atoms with E-state index in [-0.39, 0.29) is 23.7 Å². The average Bonchev–Trinajstić information content (AvgIpc) is 2.60. The van der Waals surface area contributed by atoms with Gasteiger partial charge in [-0.25, -0.2) is 8.42 Å². The quantitative estimate of drug-likeness (QED) is 0.846.